The number of esters is 1. The van der Waals surface area contributed by atoms with Crippen LogP contribution in [0.25, 0.3) is 0 Å². The predicted octanol–water partition coefficient (Wildman–Crippen LogP) is 2.77. The molecular weight excluding hydrogens is 432 g/mol. The normalized spacial score (nSPS) is 22.9. The van der Waals surface area contributed by atoms with E-state index in [1.54, 1.807) is 41.5 Å². The van der Waals surface area contributed by atoms with E-state index in [1.807, 2.05) is 6.92 Å². The van der Waals surface area contributed by atoms with E-state index in [0.717, 1.165) is 6.29 Å². The number of nitrogens with one attached hydrogen (secondary N) is 1. The molecule has 190 valence electrons. The van der Waals surface area contributed by atoms with E-state index < -0.39 is 53.8 Å². The number of ether oxygens (including phenoxy) is 4. The topological polar surface area (TPSA) is 120 Å². The summed E-state index contributed by atoms with van der Waals surface area (Å²) in [5.41, 5.74) is -1.56. The second-order valence-electron chi connectivity index (χ2n) is 10.2. The zero-order chi connectivity index (χ0) is 25.6. The molecular formula is C23H40N2O8. The molecule has 0 aromatic carbocycles. The lowest BCUT2D eigenvalue weighted by molar-refractivity contribution is -0.182. The van der Waals surface area contributed by atoms with E-state index >= 15 is 0 Å². The van der Waals surface area contributed by atoms with Gasteiger partial charge in [0, 0.05) is 26.0 Å². The van der Waals surface area contributed by atoms with Crippen LogP contribution >= 0.6 is 0 Å². The molecule has 1 aliphatic rings. The number of hydrogen-bond acceptors (Lipinski definition) is 8. The fourth-order valence-electron chi connectivity index (χ4n) is 3.63. The summed E-state index contributed by atoms with van der Waals surface area (Å²) in [6.07, 6.45) is -0.540. The second kappa shape index (κ2) is 11.8. The van der Waals surface area contributed by atoms with Gasteiger partial charge in [-0.1, -0.05) is 6.92 Å². The molecule has 1 heterocycles. The lowest BCUT2D eigenvalue weighted by atomic mass is 9.95. The van der Waals surface area contributed by atoms with Crippen LogP contribution in [-0.4, -0.2) is 72.1 Å². The molecule has 0 radical (unpaired) electrons. The fourth-order valence-corrected chi connectivity index (χ4v) is 3.63. The fraction of sp³-hybridized carbons (Fsp3) is 0.826. The highest BCUT2D eigenvalue weighted by atomic mass is 16.7. The molecule has 0 saturated carbocycles. The first-order chi connectivity index (χ1) is 15.1. The second-order valence-corrected chi connectivity index (χ2v) is 10.2. The zero-order valence-corrected chi connectivity index (χ0v) is 21.3. The summed E-state index contributed by atoms with van der Waals surface area (Å²) in [6.45, 7) is 13.6. The van der Waals surface area contributed by atoms with Gasteiger partial charge in [-0.2, -0.15) is 0 Å². The number of amides is 2. The van der Waals surface area contributed by atoms with Crippen molar-refractivity contribution >= 4 is 24.3 Å². The minimum atomic E-state index is -0.986. The Morgan fingerprint density at radius 1 is 1.09 bits per heavy atom. The Hall–Kier alpha value is -2.20. The van der Waals surface area contributed by atoms with Gasteiger partial charge in [-0.25, -0.2) is 9.59 Å². The van der Waals surface area contributed by atoms with Crippen LogP contribution in [0.3, 0.4) is 0 Å². The Labute approximate surface area is 196 Å². The van der Waals surface area contributed by atoms with Gasteiger partial charge < -0.3 is 29.1 Å². The van der Waals surface area contributed by atoms with Crippen molar-refractivity contribution < 1.29 is 38.1 Å². The van der Waals surface area contributed by atoms with Crippen molar-refractivity contribution in [2.75, 3.05) is 7.11 Å². The van der Waals surface area contributed by atoms with Crippen LogP contribution in [0.2, 0.25) is 0 Å². The van der Waals surface area contributed by atoms with Gasteiger partial charge in [0.1, 0.15) is 23.5 Å². The van der Waals surface area contributed by atoms with Crippen molar-refractivity contribution in [2.24, 2.45) is 5.92 Å². The molecule has 1 N–H and O–H groups in total. The molecule has 0 spiro atoms. The first-order valence-corrected chi connectivity index (χ1v) is 11.3. The maximum atomic E-state index is 13.2. The van der Waals surface area contributed by atoms with Gasteiger partial charge in [0.25, 0.3) is 0 Å². The number of methoxy groups -OCH3 is 1. The molecule has 5 atom stereocenters. The summed E-state index contributed by atoms with van der Waals surface area (Å²) in [7, 11) is 1.39. The quantitative estimate of drug-likeness (QED) is 0.309. The summed E-state index contributed by atoms with van der Waals surface area (Å²) >= 11 is 0. The Morgan fingerprint density at radius 2 is 1.67 bits per heavy atom. The SMILES string of the molecule is CCC(C[C@@H]1[C@H](C=O)C[C@H](C(=O)OC(C)(C)C)N1C(=O)OC(C)(C)C)OC(NC(C)=O)OC. The van der Waals surface area contributed by atoms with Crippen LogP contribution in [0, 0.1) is 5.92 Å². The largest absolute Gasteiger partial charge is 0.458 e. The molecule has 10 nitrogen and oxygen atoms in total. The van der Waals surface area contributed by atoms with Crippen LogP contribution in [0.5, 0.6) is 0 Å². The number of hydrogen-bond donors (Lipinski definition) is 1. The van der Waals surface area contributed by atoms with Crippen molar-refractivity contribution in [3.05, 3.63) is 0 Å². The molecule has 0 aliphatic carbocycles. The minimum Gasteiger partial charge on any atom is -0.458 e. The number of carbonyl (C=O) groups excluding carboxylic acids is 4. The summed E-state index contributed by atoms with van der Waals surface area (Å²) in [4.78, 5) is 50.8. The number of nitrogens with zero attached hydrogens (tertiary/aromatic N) is 1. The average molecular weight is 473 g/mol. The van der Waals surface area contributed by atoms with Crippen LogP contribution in [-0.2, 0) is 33.3 Å². The smallest absolute Gasteiger partial charge is 0.411 e. The third-order valence-corrected chi connectivity index (χ3v) is 4.95. The summed E-state index contributed by atoms with van der Waals surface area (Å²) < 4.78 is 22.1. The minimum absolute atomic E-state index is 0.123. The highest BCUT2D eigenvalue weighted by molar-refractivity contribution is 5.84. The number of rotatable bonds is 9. The van der Waals surface area contributed by atoms with Crippen LogP contribution < -0.4 is 5.32 Å². The lowest BCUT2D eigenvalue weighted by Crippen LogP contribution is -2.50. The first kappa shape index (κ1) is 28.8. The Kier molecular flexibility index (Phi) is 10.3. The maximum Gasteiger partial charge on any atom is 0.411 e. The zero-order valence-electron chi connectivity index (χ0n) is 21.3. The molecule has 1 fully saturated rings. The van der Waals surface area contributed by atoms with Crippen molar-refractivity contribution in [1.29, 1.82) is 0 Å². The number of likely N-dealkylation sites (tertiary alicyclic amines) is 1. The van der Waals surface area contributed by atoms with E-state index in [2.05, 4.69) is 5.32 Å². The van der Waals surface area contributed by atoms with Crippen molar-refractivity contribution in [3.8, 4) is 0 Å². The van der Waals surface area contributed by atoms with Crippen molar-refractivity contribution in [3.63, 3.8) is 0 Å². The van der Waals surface area contributed by atoms with E-state index in [1.165, 1.54) is 18.9 Å². The summed E-state index contributed by atoms with van der Waals surface area (Å²) in [5, 5.41) is 2.53. The molecule has 0 aromatic rings. The van der Waals surface area contributed by atoms with Gasteiger partial charge in [-0.15, -0.1) is 0 Å². The van der Waals surface area contributed by atoms with Gasteiger partial charge in [0.15, 0.2) is 0 Å². The molecule has 0 aromatic heterocycles. The third kappa shape index (κ3) is 9.29. The molecule has 33 heavy (non-hydrogen) atoms. The monoisotopic (exact) mass is 472 g/mol. The Balaban J connectivity index is 3.24. The highest BCUT2D eigenvalue weighted by Crippen LogP contribution is 2.35. The highest BCUT2D eigenvalue weighted by Gasteiger charge is 2.50. The third-order valence-electron chi connectivity index (χ3n) is 4.95. The number of aldehydes is 1. The van der Waals surface area contributed by atoms with Gasteiger partial charge in [0.05, 0.1) is 6.10 Å². The van der Waals surface area contributed by atoms with E-state index in [9.17, 15) is 19.2 Å². The standard InChI is InChI=1S/C23H40N2O8/c1-10-16(31-20(30-9)24-14(2)27)12-17-15(13-26)11-18(19(28)32-22(3,4)5)25(17)21(29)33-23(6,7)8/h13,15-18,20H,10-12H2,1-9H3,(H,24,27)/t15-,16?,17+,18+,20?/m0/s1. The molecule has 1 saturated heterocycles. The van der Waals surface area contributed by atoms with E-state index in [-0.39, 0.29) is 18.7 Å². The maximum absolute atomic E-state index is 13.2. The molecule has 2 amide bonds. The average Bonchev–Trinajstić information content (AvgIpc) is 3.02. The summed E-state index contributed by atoms with van der Waals surface area (Å²) in [6, 6.07) is -1.62. The Bertz CT molecular complexity index is 698. The molecule has 0 bridgehead atoms. The molecule has 1 aliphatic heterocycles. The first-order valence-electron chi connectivity index (χ1n) is 11.3. The van der Waals surface area contributed by atoms with Gasteiger partial charge >= 0.3 is 12.1 Å². The number of carbonyl (C=O) groups is 4. The lowest BCUT2D eigenvalue weighted by Gasteiger charge is -2.35. The summed E-state index contributed by atoms with van der Waals surface area (Å²) in [5.74, 6) is -1.54. The van der Waals surface area contributed by atoms with Gasteiger partial charge in [0.2, 0.25) is 12.3 Å². The van der Waals surface area contributed by atoms with E-state index in [0.29, 0.717) is 6.42 Å². The van der Waals surface area contributed by atoms with Gasteiger partial charge in [-0.05, 0) is 60.8 Å². The van der Waals surface area contributed by atoms with E-state index in [4.69, 9.17) is 18.9 Å². The van der Waals surface area contributed by atoms with Crippen LogP contribution in [0.1, 0.15) is 74.7 Å². The Morgan fingerprint density at radius 3 is 2.09 bits per heavy atom. The predicted molar refractivity (Wildman–Crippen MR) is 120 cm³/mol. The molecule has 2 unspecified atom stereocenters. The van der Waals surface area contributed by atoms with Crippen molar-refractivity contribution in [1.82, 2.24) is 10.2 Å². The molecule has 10 heteroatoms. The van der Waals surface area contributed by atoms with Crippen LogP contribution in [0.4, 0.5) is 4.79 Å². The van der Waals surface area contributed by atoms with Crippen molar-refractivity contribution in [2.45, 2.75) is 110 Å². The van der Waals surface area contributed by atoms with Gasteiger partial charge in [-0.3, -0.25) is 9.69 Å². The van der Waals surface area contributed by atoms with Crippen LogP contribution in [0.15, 0.2) is 0 Å². The molecule has 1 rings (SSSR count).